The van der Waals surface area contributed by atoms with Crippen LogP contribution < -0.4 is 0 Å². The summed E-state index contributed by atoms with van der Waals surface area (Å²) in [4.78, 5) is 14.9. The molecule has 0 atom stereocenters. The average molecular weight is 151 g/mol. The maximum Gasteiger partial charge on any atom is 0.177 e. The van der Waals surface area contributed by atoms with Gasteiger partial charge in [-0.05, 0) is 17.1 Å². The Hall–Kier alpha value is -0.920. The minimum absolute atomic E-state index is 0.0413. The van der Waals surface area contributed by atoms with Gasteiger partial charge in [-0.25, -0.2) is 0 Å². The van der Waals surface area contributed by atoms with Gasteiger partial charge in [-0.3, -0.25) is 9.79 Å². The highest BCUT2D eigenvalue weighted by molar-refractivity contribution is 6.01. The lowest BCUT2D eigenvalue weighted by Crippen LogP contribution is -2.17. The van der Waals surface area contributed by atoms with Crippen LogP contribution in [0.15, 0.2) is 16.6 Å². The van der Waals surface area contributed by atoms with Crippen molar-refractivity contribution in [3.05, 3.63) is 11.6 Å². The van der Waals surface area contributed by atoms with Crippen LogP contribution in [0.5, 0.6) is 0 Å². The van der Waals surface area contributed by atoms with E-state index < -0.39 is 0 Å². The predicted octanol–water partition coefficient (Wildman–Crippen LogP) is 1.61. The van der Waals surface area contributed by atoms with Gasteiger partial charge in [0.05, 0.1) is 0 Å². The zero-order valence-corrected chi connectivity index (χ0v) is 7.22. The van der Waals surface area contributed by atoms with Crippen molar-refractivity contribution in [2.75, 3.05) is 6.54 Å². The van der Waals surface area contributed by atoms with Crippen LogP contribution in [0.3, 0.4) is 0 Å². The first kappa shape index (κ1) is 8.18. The van der Waals surface area contributed by atoms with Crippen molar-refractivity contribution in [2.45, 2.75) is 20.8 Å². The highest BCUT2D eigenvalue weighted by Gasteiger charge is 2.18. The molecule has 0 bridgehead atoms. The summed E-state index contributed by atoms with van der Waals surface area (Å²) in [6, 6.07) is 0. The third kappa shape index (κ3) is 2.00. The molecule has 0 unspecified atom stereocenters. The van der Waals surface area contributed by atoms with Crippen LogP contribution in [-0.4, -0.2) is 18.5 Å². The lowest BCUT2D eigenvalue weighted by molar-refractivity contribution is -0.113. The summed E-state index contributed by atoms with van der Waals surface area (Å²) in [5, 5.41) is 0. The number of ketones is 1. The monoisotopic (exact) mass is 151 g/mol. The van der Waals surface area contributed by atoms with E-state index in [9.17, 15) is 4.79 Å². The maximum absolute atomic E-state index is 10.9. The Morgan fingerprint density at radius 3 is 2.45 bits per heavy atom. The van der Waals surface area contributed by atoms with E-state index in [1.807, 2.05) is 0 Å². The molecule has 0 fully saturated rings. The van der Waals surface area contributed by atoms with Crippen LogP contribution in [-0.2, 0) is 4.79 Å². The van der Waals surface area contributed by atoms with Crippen LogP contribution in [0.2, 0.25) is 0 Å². The molecular weight excluding hydrogens is 138 g/mol. The largest absolute Gasteiger partial charge is 0.293 e. The van der Waals surface area contributed by atoms with Gasteiger partial charge in [-0.1, -0.05) is 20.8 Å². The summed E-state index contributed by atoms with van der Waals surface area (Å²) < 4.78 is 0. The lowest BCUT2D eigenvalue weighted by atomic mass is 9.85. The average Bonchev–Trinajstić information content (AvgIpc) is 1.86. The van der Waals surface area contributed by atoms with E-state index in [-0.39, 0.29) is 11.2 Å². The summed E-state index contributed by atoms with van der Waals surface area (Å²) in [5.74, 6) is 0.109. The van der Waals surface area contributed by atoms with Crippen LogP contribution in [0.1, 0.15) is 20.8 Å². The summed E-state index contributed by atoms with van der Waals surface area (Å²) in [5.41, 5.74) is 1.06. The van der Waals surface area contributed by atoms with Crippen molar-refractivity contribution < 1.29 is 4.79 Å². The zero-order valence-electron chi connectivity index (χ0n) is 7.22. The number of rotatable bonds is 0. The molecule has 60 valence electrons. The van der Waals surface area contributed by atoms with Crippen molar-refractivity contribution in [2.24, 2.45) is 10.4 Å². The lowest BCUT2D eigenvalue weighted by Gasteiger charge is -2.20. The molecule has 1 heterocycles. The minimum Gasteiger partial charge on any atom is -0.293 e. The van der Waals surface area contributed by atoms with E-state index in [1.165, 1.54) is 0 Å². The molecule has 0 spiro atoms. The van der Waals surface area contributed by atoms with E-state index in [0.717, 1.165) is 5.57 Å². The Bertz CT molecular complexity index is 230. The first-order valence-corrected chi connectivity index (χ1v) is 3.75. The smallest absolute Gasteiger partial charge is 0.177 e. The maximum atomic E-state index is 10.9. The number of nitrogens with zero attached hydrogens (tertiary/aromatic N) is 1. The Balaban J connectivity index is 2.88. The van der Waals surface area contributed by atoms with Crippen LogP contribution >= 0.6 is 0 Å². The minimum atomic E-state index is 0.0413. The number of carbonyl (C=O) groups excluding carboxylic acids is 1. The molecule has 0 amide bonds. The van der Waals surface area contributed by atoms with Gasteiger partial charge in [0, 0.05) is 6.21 Å². The molecule has 1 aliphatic rings. The summed E-state index contributed by atoms with van der Waals surface area (Å²) in [6.07, 6.45) is 3.48. The number of aliphatic imine (C=N–C) groups is 1. The normalized spacial score (nSPS) is 18.5. The molecule has 1 rings (SSSR count). The van der Waals surface area contributed by atoms with E-state index in [2.05, 4.69) is 25.8 Å². The molecule has 0 saturated heterocycles. The van der Waals surface area contributed by atoms with E-state index in [0.29, 0.717) is 6.54 Å². The topological polar surface area (TPSA) is 29.4 Å². The van der Waals surface area contributed by atoms with Crippen molar-refractivity contribution in [1.82, 2.24) is 0 Å². The van der Waals surface area contributed by atoms with Crippen molar-refractivity contribution >= 4 is 12.0 Å². The van der Waals surface area contributed by atoms with Gasteiger partial charge in [-0.15, -0.1) is 0 Å². The fraction of sp³-hybridized carbons (Fsp3) is 0.556. The molecule has 0 N–H and O–H groups in total. The summed E-state index contributed by atoms with van der Waals surface area (Å²) >= 11 is 0. The highest BCUT2D eigenvalue weighted by Crippen LogP contribution is 2.24. The molecule has 2 nitrogen and oxygen atoms in total. The number of carbonyl (C=O) groups is 1. The van der Waals surface area contributed by atoms with Gasteiger partial charge >= 0.3 is 0 Å². The highest BCUT2D eigenvalue weighted by atomic mass is 16.1. The van der Waals surface area contributed by atoms with Gasteiger partial charge in [-0.2, -0.15) is 0 Å². The molecule has 11 heavy (non-hydrogen) atoms. The molecule has 1 aliphatic heterocycles. The van der Waals surface area contributed by atoms with Crippen LogP contribution in [0, 0.1) is 5.41 Å². The third-order valence-corrected chi connectivity index (χ3v) is 1.66. The third-order valence-electron chi connectivity index (χ3n) is 1.66. The van der Waals surface area contributed by atoms with Gasteiger partial charge in [0.15, 0.2) is 5.78 Å². The Morgan fingerprint density at radius 1 is 1.45 bits per heavy atom. The molecule has 0 aliphatic carbocycles. The number of hydrogen-bond donors (Lipinski definition) is 0. The van der Waals surface area contributed by atoms with Crippen molar-refractivity contribution in [3.63, 3.8) is 0 Å². The predicted molar refractivity (Wildman–Crippen MR) is 45.9 cm³/mol. The van der Waals surface area contributed by atoms with E-state index in [4.69, 9.17) is 0 Å². The Morgan fingerprint density at radius 2 is 2.09 bits per heavy atom. The SMILES string of the molecule is CC(C)(C)C1=CC(=O)CN=C1. The van der Waals surface area contributed by atoms with E-state index >= 15 is 0 Å². The molecule has 0 aromatic rings. The fourth-order valence-electron chi connectivity index (χ4n) is 0.900. The molecule has 0 aromatic carbocycles. The van der Waals surface area contributed by atoms with Gasteiger partial charge in [0.25, 0.3) is 0 Å². The van der Waals surface area contributed by atoms with Crippen molar-refractivity contribution in [3.8, 4) is 0 Å². The second-order valence-corrected chi connectivity index (χ2v) is 3.79. The summed E-state index contributed by atoms with van der Waals surface area (Å²) in [6.45, 7) is 6.54. The van der Waals surface area contributed by atoms with Crippen molar-refractivity contribution in [1.29, 1.82) is 0 Å². The first-order valence-electron chi connectivity index (χ1n) is 3.75. The van der Waals surface area contributed by atoms with Crippen LogP contribution in [0.4, 0.5) is 0 Å². The van der Waals surface area contributed by atoms with Gasteiger partial charge in [0.2, 0.25) is 0 Å². The van der Waals surface area contributed by atoms with E-state index in [1.54, 1.807) is 12.3 Å². The quantitative estimate of drug-likeness (QED) is 0.517. The molecule has 2 heteroatoms. The second-order valence-electron chi connectivity index (χ2n) is 3.79. The summed E-state index contributed by atoms with van der Waals surface area (Å²) in [7, 11) is 0. The zero-order chi connectivity index (χ0) is 8.48. The fourth-order valence-corrected chi connectivity index (χ4v) is 0.900. The number of hydrogen-bond acceptors (Lipinski definition) is 2. The Labute approximate surface area is 67.0 Å². The molecule has 0 radical (unpaired) electrons. The number of allylic oxidation sites excluding steroid dienone is 1. The van der Waals surface area contributed by atoms with Crippen LogP contribution in [0.25, 0.3) is 0 Å². The second kappa shape index (κ2) is 2.61. The van der Waals surface area contributed by atoms with Gasteiger partial charge in [0.1, 0.15) is 6.54 Å². The first-order chi connectivity index (χ1) is 5.00. The van der Waals surface area contributed by atoms with Gasteiger partial charge < -0.3 is 0 Å². The standard InChI is InChI=1S/C9H13NO/c1-9(2,3)7-4-8(11)6-10-5-7/h4-5H,6H2,1-3H3. The number of dihydropyridines is 1. The molecular formula is C9H13NO. The molecule has 0 aromatic heterocycles. The molecule has 0 saturated carbocycles. The Kier molecular flexibility index (Phi) is 1.94.